The zero-order chi connectivity index (χ0) is 24.2. The van der Waals surface area contributed by atoms with Gasteiger partial charge in [0.2, 0.25) is 5.78 Å². The highest BCUT2D eigenvalue weighted by Crippen LogP contribution is 2.38. The minimum atomic E-state index is -0.462. The van der Waals surface area contributed by atoms with Crippen molar-refractivity contribution in [2.45, 2.75) is 19.8 Å². The molecule has 0 unspecified atom stereocenters. The number of allylic oxidation sites excluding steroid dienone is 1. The number of aromatic nitrogens is 1. The predicted octanol–water partition coefficient (Wildman–Crippen LogP) is 4.16. The Labute approximate surface area is 195 Å². The molecule has 1 aromatic heterocycles. The zero-order valence-corrected chi connectivity index (χ0v) is 19.2. The first-order valence-corrected chi connectivity index (χ1v) is 10.4. The van der Waals surface area contributed by atoms with Crippen molar-refractivity contribution in [3.05, 3.63) is 64.6 Å². The van der Waals surface area contributed by atoms with Crippen LogP contribution in [0, 0.1) is 6.92 Å². The lowest BCUT2D eigenvalue weighted by molar-refractivity contribution is -0.134. The molecule has 176 valence electrons. The van der Waals surface area contributed by atoms with E-state index >= 15 is 0 Å². The average molecular weight is 465 g/mol. The van der Waals surface area contributed by atoms with E-state index in [0.717, 1.165) is 0 Å². The van der Waals surface area contributed by atoms with Gasteiger partial charge in [-0.05, 0) is 48.0 Å². The molecule has 0 aliphatic carbocycles. The molecule has 9 heteroatoms. The predicted molar refractivity (Wildman–Crippen MR) is 121 cm³/mol. The number of ketones is 1. The van der Waals surface area contributed by atoms with E-state index in [0.29, 0.717) is 52.0 Å². The Kier molecular flexibility index (Phi) is 6.53. The number of carbonyl (C=O) groups excluding carboxylic acids is 2. The van der Waals surface area contributed by atoms with E-state index in [4.69, 9.17) is 28.2 Å². The SMILES string of the molecule is COc1ccc(OC)c(/C=C2\Oc3cc(OC(=O)CCc4cc(OC)no4)cc(C)c3C2=O)c1. The van der Waals surface area contributed by atoms with Gasteiger partial charge in [-0.15, -0.1) is 0 Å². The Morgan fingerprint density at radius 2 is 1.85 bits per heavy atom. The van der Waals surface area contributed by atoms with Crippen LogP contribution in [0.4, 0.5) is 0 Å². The first-order valence-electron chi connectivity index (χ1n) is 10.4. The van der Waals surface area contributed by atoms with E-state index in [2.05, 4.69) is 5.16 Å². The van der Waals surface area contributed by atoms with E-state index < -0.39 is 5.97 Å². The molecular weight excluding hydrogens is 442 g/mol. The van der Waals surface area contributed by atoms with Gasteiger partial charge in [0.25, 0.3) is 5.88 Å². The maximum Gasteiger partial charge on any atom is 0.311 e. The zero-order valence-electron chi connectivity index (χ0n) is 19.2. The Bertz CT molecular complexity index is 1270. The number of nitrogens with zero attached hydrogens (tertiary/aromatic N) is 1. The van der Waals surface area contributed by atoms with Gasteiger partial charge in [0.1, 0.15) is 28.8 Å². The lowest BCUT2D eigenvalue weighted by Gasteiger charge is -2.08. The van der Waals surface area contributed by atoms with Crippen LogP contribution in [-0.4, -0.2) is 38.2 Å². The molecular formula is C25H23NO8. The maximum atomic E-state index is 13.0. The molecule has 9 nitrogen and oxygen atoms in total. The molecule has 0 saturated carbocycles. The number of fused-ring (bicyclic) bond motifs is 1. The number of rotatable bonds is 8. The summed E-state index contributed by atoms with van der Waals surface area (Å²) >= 11 is 0. The summed E-state index contributed by atoms with van der Waals surface area (Å²) in [5.41, 5.74) is 1.68. The number of hydrogen-bond acceptors (Lipinski definition) is 9. The molecule has 3 aromatic rings. The van der Waals surface area contributed by atoms with Crippen LogP contribution in [0.2, 0.25) is 0 Å². The van der Waals surface area contributed by atoms with Crippen LogP contribution in [-0.2, 0) is 11.2 Å². The lowest BCUT2D eigenvalue weighted by atomic mass is 10.0. The number of aryl methyl sites for hydroxylation is 2. The van der Waals surface area contributed by atoms with Crippen molar-refractivity contribution in [1.82, 2.24) is 5.16 Å². The largest absolute Gasteiger partial charge is 0.497 e. The quantitative estimate of drug-likeness (QED) is 0.275. The van der Waals surface area contributed by atoms with Crippen molar-refractivity contribution in [2.24, 2.45) is 0 Å². The second-order valence-electron chi connectivity index (χ2n) is 7.47. The van der Waals surface area contributed by atoms with Gasteiger partial charge in [-0.2, -0.15) is 0 Å². The monoisotopic (exact) mass is 465 g/mol. The van der Waals surface area contributed by atoms with E-state index in [1.54, 1.807) is 57.6 Å². The minimum absolute atomic E-state index is 0.0784. The van der Waals surface area contributed by atoms with Crippen LogP contribution >= 0.6 is 0 Å². The summed E-state index contributed by atoms with van der Waals surface area (Å²) < 4.78 is 31.9. The molecule has 0 atom stereocenters. The fourth-order valence-electron chi connectivity index (χ4n) is 3.55. The van der Waals surface area contributed by atoms with Gasteiger partial charge in [-0.1, -0.05) is 0 Å². The van der Waals surface area contributed by atoms with Crippen molar-refractivity contribution in [3.8, 4) is 28.9 Å². The number of carbonyl (C=O) groups is 2. The second-order valence-corrected chi connectivity index (χ2v) is 7.47. The summed E-state index contributed by atoms with van der Waals surface area (Å²) in [6.45, 7) is 1.76. The molecule has 0 radical (unpaired) electrons. The Balaban J connectivity index is 1.50. The van der Waals surface area contributed by atoms with E-state index in [9.17, 15) is 9.59 Å². The van der Waals surface area contributed by atoms with Gasteiger partial charge >= 0.3 is 5.97 Å². The maximum absolute atomic E-state index is 13.0. The van der Waals surface area contributed by atoms with Gasteiger partial charge in [0.05, 0.1) is 33.3 Å². The van der Waals surface area contributed by atoms with E-state index in [1.807, 2.05) is 0 Å². The highest BCUT2D eigenvalue weighted by Gasteiger charge is 2.30. The van der Waals surface area contributed by atoms with Crippen molar-refractivity contribution >= 4 is 17.8 Å². The van der Waals surface area contributed by atoms with E-state index in [1.165, 1.54) is 13.2 Å². The van der Waals surface area contributed by atoms with Gasteiger partial charge in [0.15, 0.2) is 5.76 Å². The fraction of sp³-hybridized carbons (Fsp3) is 0.240. The van der Waals surface area contributed by atoms with Crippen LogP contribution in [0.25, 0.3) is 6.08 Å². The Morgan fingerprint density at radius 1 is 1.03 bits per heavy atom. The molecule has 0 saturated heterocycles. The third-order valence-corrected chi connectivity index (χ3v) is 5.22. The highest BCUT2D eigenvalue weighted by molar-refractivity contribution is 6.15. The molecule has 0 N–H and O–H groups in total. The number of methoxy groups -OCH3 is 3. The molecule has 2 heterocycles. The normalized spacial score (nSPS) is 13.4. The smallest absolute Gasteiger partial charge is 0.311 e. The van der Waals surface area contributed by atoms with Crippen molar-refractivity contribution in [3.63, 3.8) is 0 Å². The molecule has 34 heavy (non-hydrogen) atoms. The molecule has 0 spiro atoms. The van der Waals surface area contributed by atoms with E-state index in [-0.39, 0.29) is 23.7 Å². The first-order chi connectivity index (χ1) is 16.4. The Hall–Kier alpha value is -4.27. The Morgan fingerprint density at radius 3 is 2.56 bits per heavy atom. The lowest BCUT2D eigenvalue weighted by Crippen LogP contribution is -2.09. The molecule has 4 rings (SSSR count). The van der Waals surface area contributed by atoms with Crippen molar-refractivity contribution in [1.29, 1.82) is 0 Å². The summed E-state index contributed by atoms with van der Waals surface area (Å²) in [5, 5.41) is 3.69. The molecule has 1 aliphatic heterocycles. The number of benzene rings is 2. The van der Waals surface area contributed by atoms with Gasteiger partial charge < -0.3 is 28.2 Å². The van der Waals surface area contributed by atoms with Crippen molar-refractivity contribution in [2.75, 3.05) is 21.3 Å². The summed E-state index contributed by atoms with van der Waals surface area (Å²) in [6, 6.07) is 10.0. The van der Waals surface area contributed by atoms with Crippen molar-refractivity contribution < 1.29 is 37.8 Å². The highest BCUT2D eigenvalue weighted by atomic mass is 16.5. The number of Topliss-reactive ketones (excluding diaryl/α,β-unsaturated/α-hetero) is 1. The third-order valence-electron chi connectivity index (χ3n) is 5.22. The minimum Gasteiger partial charge on any atom is -0.497 e. The summed E-state index contributed by atoms with van der Waals surface area (Å²) in [7, 11) is 4.58. The van der Waals surface area contributed by atoms with Crippen LogP contribution in [0.5, 0.6) is 28.9 Å². The number of hydrogen-bond donors (Lipinski definition) is 0. The van der Waals surface area contributed by atoms with Crippen LogP contribution < -0.4 is 23.7 Å². The summed E-state index contributed by atoms with van der Waals surface area (Å²) in [4.78, 5) is 25.3. The number of ether oxygens (including phenoxy) is 5. The molecule has 0 amide bonds. The standard InChI is InChI=1S/C25H23NO8/c1-14-9-18(32-23(27)8-6-17-13-22(31-4)26-34-17)12-20-24(14)25(28)21(33-20)11-15-10-16(29-2)5-7-19(15)30-3/h5,7,9-13H,6,8H2,1-4H3/b21-11-. The summed E-state index contributed by atoms with van der Waals surface area (Å²) in [5.74, 6) is 2.04. The third kappa shape index (κ3) is 4.73. The first kappa shape index (κ1) is 22.9. The topological polar surface area (TPSA) is 106 Å². The van der Waals surface area contributed by atoms with Gasteiger partial charge in [-0.25, -0.2) is 0 Å². The molecule has 0 bridgehead atoms. The van der Waals surface area contributed by atoms with Crippen LogP contribution in [0.1, 0.15) is 33.7 Å². The molecule has 0 fully saturated rings. The average Bonchev–Trinajstić information content (AvgIpc) is 3.42. The van der Waals surface area contributed by atoms with Gasteiger partial charge in [-0.3, -0.25) is 9.59 Å². The fourth-order valence-corrected chi connectivity index (χ4v) is 3.55. The molecule has 1 aliphatic rings. The summed E-state index contributed by atoms with van der Waals surface area (Å²) in [6.07, 6.45) is 1.99. The second kappa shape index (κ2) is 9.70. The molecule has 2 aromatic carbocycles. The van der Waals surface area contributed by atoms with Gasteiger partial charge in [0, 0.05) is 24.1 Å². The van der Waals surface area contributed by atoms with Crippen LogP contribution in [0.3, 0.4) is 0 Å². The van der Waals surface area contributed by atoms with Crippen LogP contribution in [0.15, 0.2) is 46.7 Å². The number of esters is 1.